The first-order chi connectivity index (χ1) is 11.4. The van der Waals surface area contributed by atoms with Crippen LogP contribution in [0.2, 0.25) is 5.02 Å². The van der Waals surface area contributed by atoms with Crippen molar-refractivity contribution in [3.8, 4) is 0 Å². The number of amides is 1. The molecule has 0 aliphatic carbocycles. The van der Waals surface area contributed by atoms with E-state index in [0.717, 1.165) is 0 Å². The monoisotopic (exact) mass is 368 g/mol. The van der Waals surface area contributed by atoms with Gasteiger partial charge in [-0.3, -0.25) is 9.52 Å². The van der Waals surface area contributed by atoms with Crippen molar-refractivity contribution in [3.63, 3.8) is 0 Å². The Kier molecular flexibility index (Phi) is 6.19. The van der Waals surface area contributed by atoms with Crippen LogP contribution in [0.5, 0.6) is 0 Å². The molecule has 0 aliphatic heterocycles. The third-order valence-electron chi connectivity index (χ3n) is 3.11. The number of rotatable bonds is 7. The number of carbonyl (C=O) groups is 1. The Bertz CT molecular complexity index is 810. The smallest absolute Gasteiger partial charge is 0.261 e. The molecule has 6 nitrogen and oxygen atoms in total. The van der Waals surface area contributed by atoms with Crippen LogP contribution in [0.1, 0.15) is 10.4 Å². The van der Waals surface area contributed by atoms with Gasteiger partial charge in [0.25, 0.3) is 15.9 Å². The number of hydrogen-bond acceptors (Lipinski definition) is 4. The highest BCUT2D eigenvalue weighted by Gasteiger charge is 2.15. The summed E-state index contributed by atoms with van der Waals surface area (Å²) < 4.78 is 31.8. The summed E-state index contributed by atoms with van der Waals surface area (Å²) in [5.74, 6) is -0.352. The molecular formula is C16H17ClN2O4S. The molecule has 0 saturated carbocycles. The second kappa shape index (κ2) is 8.14. The van der Waals surface area contributed by atoms with Crippen molar-refractivity contribution in [2.45, 2.75) is 4.90 Å². The quantitative estimate of drug-likeness (QED) is 0.735. The number of halogens is 1. The first kappa shape index (κ1) is 18.3. The van der Waals surface area contributed by atoms with Crippen LogP contribution in [0.15, 0.2) is 53.4 Å². The maximum Gasteiger partial charge on any atom is 0.261 e. The maximum absolute atomic E-state index is 12.3. The minimum atomic E-state index is -3.71. The second-order valence-corrected chi connectivity index (χ2v) is 6.95. The summed E-state index contributed by atoms with van der Waals surface area (Å²) in [4.78, 5) is 12.1. The zero-order chi connectivity index (χ0) is 17.6. The normalized spacial score (nSPS) is 11.1. The highest BCUT2D eigenvalue weighted by molar-refractivity contribution is 7.92. The number of carbonyl (C=O) groups excluding carboxylic acids is 1. The maximum atomic E-state index is 12.3. The van der Waals surface area contributed by atoms with Crippen LogP contribution in [0.25, 0.3) is 0 Å². The van der Waals surface area contributed by atoms with Gasteiger partial charge in [-0.05, 0) is 30.3 Å². The first-order valence-corrected chi connectivity index (χ1v) is 8.95. The van der Waals surface area contributed by atoms with Crippen LogP contribution in [-0.4, -0.2) is 34.6 Å². The van der Waals surface area contributed by atoms with Crippen molar-refractivity contribution in [3.05, 3.63) is 59.1 Å². The molecule has 0 aromatic heterocycles. The summed E-state index contributed by atoms with van der Waals surface area (Å²) in [6, 6.07) is 12.3. The molecule has 1 amide bonds. The Hall–Kier alpha value is -2.09. The standard InChI is InChI=1S/C16H17ClN2O4S/c1-23-10-9-18-16(20)14-8-7-12(11-15(14)17)19-24(21,22)13-5-3-2-4-6-13/h2-8,11,19H,9-10H2,1H3,(H,18,20). The fourth-order valence-electron chi connectivity index (χ4n) is 1.94. The van der Waals surface area contributed by atoms with Crippen LogP contribution >= 0.6 is 11.6 Å². The minimum Gasteiger partial charge on any atom is -0.383 e. The number of benzene rings is 2. The summed E-state index contributed by atoms with van der Waals surface area (Å²) in [7, 11) is -2.17. The molecule has 2 N–H and O–H groups in total. The van der Waals surface area contributed by atoms with E-state index in [1.807, 2.05) is 0 Å². The molecule has 0 heterocycles. The van der Waals surface area contributed by atoms with Crippen molar-refractivity contribution in [1.29, 1.82) is 0 Å². The predicted molar refractivity (Wildman–Crippen MR) is 92.9 cm³/mol. The summed E-state index contributed by atoms with van der Waals surface area (Å²) in [6.45, 7) is 0.742. The zero-order valence-corrected chi connectivity index (χ0v) is 14.5. The van der Waals surface area contributed by atoms with Gasteiger partial charge in [0, 0.05) is 13.7 Å². The third-order valence-corrected chi connectivity index (χ3v) is 4.82. The van der Waals surface area contributed by atoms with E-state index in [4.69, 9.17) is 16.3 Å². The van der Waals surface area contributed by atoms with E-state index in [1.165, 1.54) is 37.4 Å². The van der Waals surface area contributed by atoms with Gasteiger partial charge in [0.05, 0.1) is 27.8 Å². The molecule has 2 rings (SSSR count). The van der Waals surface area contributed by atoms with Gasteiger partial charge >= 0.3 is 0 Å². The number of anilines is 1. The number of nitrogens with one attached hydrogen (secondary N) is 2. The van der Waals surface area contributed by atoms with Gasteiger partial charge in [0.1, 0.15) is 0 Å². The fraction of sp³-hybridized carbons (Fsp3) is 0.188. The van der Waals surface area contributed by atoms with Crippen LogP contribution < -0.4 is 10.0 Å². The lowest BCUT2D eigenvalue weighted by Crippen LogP contribution is -2.27. The Labute approximate surface area is 145 Å². The van der Waals surface area contributed by atoms with E-state index < -0.39 is 10.0 Å². The van der Waals surface area contributed by atoms with E-state index in [-0.39, 0.29) is 27.1 Å². The third kappa shape index (κ3) is 4.70. The van der Waals surface area contributed by atoms with Crippen molar-refractivity contribution < 1.29 is 17.9 Å². The Balaban J connectivity index is 2.14. The molecule has 24 heavy (non-hydrogen) atoms. The van der Waals surface area contributed by atoms with E-state index >= 15 is 0 Å². The Morgan fingerprint density at radius 3 is 2.50 bits per heavy atom. The fourth-order valence-corrected chi connectivity index (χ4v) is 3.28. The molecule has 128 valence electrons. The Morgan fingerprint density at radius 1 is 1.17 bits per heavy atom. The lowest BCUT2D eigenvalue weighted by molar-refractivity contribution is 0.0937. The summed E-state index contributed by atoms with van der Waals surface area (Å²) in [5, 5.41) is 2.80. The van der Waals surface area contributed by atoms with Crippen LogP contribution in [0.3, 0.4) is 0 Å². The summed E-state index contributed by atoms with van der Waals surface area (Å²) in [6.07, 6.45) is 0. The molecule has 0 radical (unpaired) electrons. The second-order valence-electron chi connectivity index (χ2n) is 4.86. The van der Waals surface area contributed by atoms with Gasteiger partial charge in [-0.15, -0.1) is 0 Å². The van der Waals surface area contributed by atoms with Gasteiger partial charge in [0.2, 0.25) is 0 Å². The highest BCUT2D eigenvalue weighted by atomic mass is 35.5. The molecule has 0 fully saturated rings. The van der Waals surface area contributed by atoms with Crippen molar-refractivity contribution in [2.75, 3.05) is 25.0 Å². The first-order valence-electron chi connectivity index (χ1n) is 7.08. The van der Waals surface area contributed by atoms with Gasteiger partial charge < -0.3 is 10.1 Å². The van der Waals surface area contributed by atoms with E-state index in [0.29, 0.717) is 13.2 Å². The molecule has 8 heteroatoms. The number of sulfonamides is 1. The zero-order valence-electron chi connectivity index (χ0n) is 13.0. The average Bonchev–Trinajstić information content (AvgIpc) is 2.55. The molecule has 0 bridgehead atoms. The van der Waals surface area contributed by atoms with Gasteiger partial charge in [-0.25, -0.2) is 8.42 Å². The number of ether oxygens (including phenoxy) is 1. The average molecular weight is 369 g/mol. The minimum absolute atomic E-state index is 0.141. The Morgan fingerprint density at radius 2 is 1.88 bits per heavy atom. The molecule has 0 unspecified atom stereocenters. The molecule has 0 aliphatic rings. The van der Waals surface area contributed by atoms with Gasteiger partial charge in [-0.1, -0.05) is 29.8 Å². The van der Waals surface area contributed by atoms with Gasteiger partial charge in [-0.2, -0.15) is 0 Å². The largest absolute Gasteiger partial charge is 0.383 e. The summed E-state index contributed by atoms with van der Waals surface area (Å²) in [5.41, 5.74) is 0.535. The molecule has 0 atom stereocenters. The SMILES string of the molecule is COCCNC(=O)c1ccc(NS(=O)(=O)c2ccccc2)cc1Cl. The molecule has 0 spiro atoms. The molecule has 2 aromatic carbocycles. The van der Waals surface area contributed by atoms with Crippen molar-refractivity contribution in [2.24, 2.45) is 0 Å². The van der Waals surface area contributed by atoms with Crippen LogP contribution in [0.4, 0.5) is 5.69 Å². The topological polar surface area (TPSA) is 84.5 Å². The highest BCUT2D eigenvalue weighted by Crippen LogP contribution is 2.23. The van der Waals surface area contributed by atoms with Crippen molar-refractivity contribution >= 4 is 33.2 Å². The van der Waals surface area contributed by atoms with E-state index in [9.17, 15) is 13.2 Å². The lowest BCUT2D eigenvalue weighted by atomic mass is 10.2. The van der Waals surface area contributed by atoms with Gasteiger partial charge in [0.15, 0.2) is 0 Å². The van der Waals surface area contributed by atoms with Crippen LogP contribution in [-0.2, 0) is 14.8 Å². The molecule has 2 aromatic rings. The van der Waals surface area contributed by atoms with E-state index in [1.54, 1.807) is 18.2 Å². The molecular weight excluding hydrogens is 352 g/mol. The molecule has 0 saturated heterocycles. The summed E-state index contributed by atoms with van der Waals surface area (Å²) >= 11 is 6.09. The predicted octanol–water partition coefficient (Wildman–Crippen LogP) is 2.52. The number of methoxy groups -OCH3 is 1. The van der Waals surface area contributed by atoms with Crippen molar-refractivity contribution in [1.82, 2.24) is 5.32 Å². The van der Waals surface area contributed by atoms with Crippen LogP contribution in [0, 0.1) is 0 Å². The lowest BCUT2D eigenvalue weighted by Gasteiger charge is -2.10. The number of hydrogen-bond donors (Lipinski definition) is 2. The van der Waals surface area contributed by atoms with E-state index in [2.05, 4.69) is 10.0 Å².